The molecule has 0 radical (unpaired) electrons. The van der Waals surface area contributed by atoms with Crippen molar-refractivity contribution in [2.45, 2.75) is 26.3 Å². The van der Waals surface area contributed by atoms with Crippen LogP contribution in [0.3, 0.4) is 0 Å². The molecule has 0 aliphatic rings. The molecule has 0 unspecified atom stereocenters. The number of methoxy groups -OCH3 is 2. The SMILES string of the molecule is COc1ccc(CNC(N)=NCc2cccc(COCc3ccccc3)c2)cc1OC. The lowest BCUT2D eigenvalue weighted by Gasteiger charge is -2.11. The predicted octanol–water partition coefficient (Wildman–Crippen LogP) is 4.03. The van der Waals surface area contributed by atoms with Gasteiger partial charge in [0.25, 0.3) is 0 Å². The van der Waals surface area contributed by atoms with Crippen LogP contribution >= 0.6 is 0 Å². The summed E-state index contributed by atoms with van der Waals surface area (Å²) >= 11 is 0. The summed E-state index contributed by atoms with van der Waals surface area (Å²) in [6.07, 6.45) is 0. The van der Waals surface area contributed by atoms with E-state index in [0.717, 1.165) is 22.3 Å². The highest BCUT2D eigenvalue weighted by Gasteiger charge is 2.05. The van der Waals surface area contributed by atoms with Crippen LogP contribution < -0.4 is 20.5 Å². The average molecular weight is 420 g/mol. The number of nitrogens with zero attached hydrogens (tertiary/aromatic N) is 1. The highest BCUT2D eigenvalue weighted by atomic mass is 16.5. The summed E-state index contributed by atoms with van der Waals surface area (Å²) in [5, 5.41) is 3.13. The van der Waals surface area contributed by atoms with Crippen molar-refractivity contribution in [3.63, 3.8) is 0 Å². The van der Waals surface area contributed by atoms with E-state index in [9.17, 15) is 0 Å². The molecule has 0 spiro atoms. The first-order chi connectivity index (χ1) is 15.2. The van der Waals surface area contributed by atoms with Crippen molar-refractivity contribution < 1.29 is 14.2 Å². The van der Waals surface area contributed by atoms with Gasteiger partial charge in [-0.15, -0.1) is 0 Å². The Hall–Kier alpha value is -3.51. The molecule has 3 aromatic rings. The Labute approximate surface area is 183 Å². The zero-order valence-electron chi connectivity index (χ0n) is 18.0. The minimum Gasteiger partial charge on any atom is -0.493 e. The maximum absolute atomic E-state index is 6.04. The van der Waals surface area contributed by atoms with Gasteiger partial charge in [0, 0.05) is 6.54 Å². The molecule has 0 saturated carbocycles. The standard InChI is InChI=1S/C25H29N3O3/c1-29-23-12-11-21(14-24(23)30-2)16-28-25(26)27-15-20-9-6-10-22(13-20)18-31-17-19-7-4-3-5-8-19/h3-14H,15-18H2,1-2H3,(H3,26,27,28). The van der Waals surface area contributed by atoms with Gasteiger partial charge in [-0.05, 0) is 34.4 Å². The first-order valence-corrected chi connectivity index (χ1v) is 10.1. The van der Waals surface area contributed by atoms with Crippen LogP contribution in [0.25, 0.3) is 0 Å². The van der Waals surface area contributed by atoms with Crippen LogP contribution in [0.1, 0.15) is 22.3 Å². The first kappa shape index (κ1) is 22.2. The number of guanidine groups is 1. The highest BCUT2D eigenvalue weighted by Crippen LogP contribution is 2.27. The minimum atomic E-state index is 0.389. The molecule has 6 heteroatoms. The quantitative estimate of drug-likeness (QED) is 0.383. The molecule has 0 aromatic heterocycles. The van der Waals surface area contributed by atoms with E-state index in [2.05, 4.69) is 34.6 Å². The number of nitrogens with two attached hydrogens (primary N) is 1. The lowest BCUT2D eigenvalue weighted by Crippen LogP contribution is -2.31. The molecular weight excluding hydrogens is 390 g/mol. The summed E-state index contributed by atoms with van der Waals surface area (Å²) in [6, 6.07) is 24.1. The van der Waals surface area contributed by atoms with Gasteiger partial charge in [-0.3, -0.25) is 0 Å². The Balaban J connectivity index is 1.48. The third kappa shape index (κ3) is 7.04. The summed E-state index contributed by atoms with van der Waals surface area (Å²) in [4.78, 5) is 4.44. The van der Waals surface area contributed by atoms with E-state index in [0.29, 0.717) is 43.8 Å². The maximum atomic E-state index is 6.04. The zero-order chi connectivity index (χ0) is 21.9. The fraction of sp³-hybridized carbons (Fsp3) is 0.240. The smallest absolute Gasteiger partial charge is 0.189 e. The van der Waals surface area contributed by atoms with Crippen molar-refractivity contribution in [3.05, 3.63) is 95.1 Å². The summed E-state index contributed by atoms with van der Waals surface area (Å²) in [5.74, 6) is 1.77. The van der Waals surface area contributed by atoms with Gasteiger partial charge in [-0.1, -0.05) is 60.7 Å². The number of hydrogen-bond acceptors (Lipinski definition) is 4. The molecule has 3 rings (SSSR count). The van der Waals surface area contributed by atoms with Crippen molar-refractivity contribution in [1.82, 2.24) is 5.32 Å². The number of rotatable bonds is 10. The van der Waals surface area contributed by atoms with Gasteiger partial charge in [0.05, 0.1) is 34.0 Å². The maximum Gasteiger partial charge on any atom is 0.189 e. The Morgan fingerprint density at radius 2 is 1.48 bits per heavy atom. The lowest BCUT2D eigenvalue weighted by atomic mass is 10.1. The van der Waals surface area contributed by atoms with Gasteiger partial charge >= 0.3 is 0 Å². The van der Waals surface area contributed by atoms with E-state index in [1.54, 1.807) is 14.2 Å². The van der Waals surface area contributed by atoms with Gasteiger partial charge in [0.2, 0.25) is 0 Å². The van der Waals surface area contributed by atoms with Gasteiger partial charge in [-0.2, -0.15) is 0 Å². The van der Waals surface area contributed by atoms with Crippen molar-refractivity contribution >= 4 is 5.96 Å². The second kappa shape index (κ2) is 11.6. The van der Waals surface area contributed by atoms with E-state index in [1.807, 2.05) is 48.5 Å². The van der Waals surface area contributed by atoms with Gasteiger partial charge in [-0.25, -0.2) is 4.99 Å². The van der Waals surface area contributed by atoms with Crippen LogP contribution in [-0.4, -0.2) is 20.2 Å². The molecule has 6 nitrogen and oxygen atoms in total. The van der Waals surface area contributed by atoms with E-state index < -0.39 is 0 Å². The van der Waals surface area contributed by atoms with Crippen LogP contribution in [0.15, 0.2) is 77.8 Å². The molecule has 0 aliphatic carbocycles. The molecule has 162 valence electrons. The normalized spacial score (nSPS) is 11.2. The fourth-order valence-corrected chi connectivity index (χ4v) is 3.09. The van der Waals surface area contributed by atoms with Gasteiger partial charge in [0.1, 0.15) is 0 Å². The van der Waals surface area contributed by atoms with Crippen LogP contribution in [-0.2, 0) is 31.0 Å². The Bertz CT molecular complexity index is 990. The monoisotopic (exact) mass is 419 g/mol. The number of hydrogen-bond donors (Lipinski definition) is 2. The number of aliphatic imine (C=N–C) groups is 1. The highest BCUT2D eigenvalue weighted by molar-refractivity contribution is 5.77. The van der Waals surface area contributed by atoms with E-state index in [4.69, 9.17) is 19.9 Å². The van der Waals surface area contributed by atoms with E-state index >= 15 is 0 Å². The van der Waals surface area contributed by atoms with Crippen LogP contribution in [0, 0.1) is 0 Å². The molecule has 0 saturated heterocycles. The molecule has 0 amide bonds. The topological polar surface area (TPSA) is 78.1 Å². The summed E-state index contributed by atoms with van der Waals surface area (Å²) in [6.45, 7) is 2.19. The molecule has 0 bridgehead atoms. The second-order valence-corrected chi connectivity index (χ2v) is 7.04. The molecule has 0 fully saturated rings. The molecular formula is C25H29N3O3. The van der Waals surface area contributed by atoms with Gasteiger partial charge < -0.3 is 25.3 Å². The molecule has 0 atom stereocenters. The molecule has 3 N–H and O–H groups in total. The van der Waals surface area contributed by atoms with Crippen LogP contribution in [0.5, 0.6) is 11.5 Å². The average Bonchev–Trinajstić information content (AvgIpc) is 2.82. The Kier molecular flexibility index (Phi) is 8.31. The van der Waals surface area contributed by atoms with Crippen molar-refractivity contribution in [1.29, 1.82) is 0 Å². The predicted molar refractivity (Wildman–Crippen MR) is 123 cm³/mol. The molecule has 0 heterocycles. The van der Waals surface area contributed by atoms with Crippen LogP contribution in [0.2, 0.25) is 0 Å². The largest absolute Gasteiger partial charge is 0.493 e. The lowest BCUT2D eigenvalue weighted by molar-refractivity contribution is 0.107. The van der Waals surface area contributed by atoms with Gasteiger partial charge in [0.15, 0.2) is 17.5 Å². The third-order valence-corrected chi connectivity index (χ3v) is 4.73. The number of ether oxygens (including phenoxy) is 3. The first-order valence-electron chi connectivity index (χ1n) is 10.1. The zero-order valence-corrected chi connectivity index (χ0v) is 18.0. The summed E-state index contributed by atoms with van der Waals surface area (Å²) in [5.41, 5.74) is 10.4. The second-order valence-electron chi connectivity index (χ2n) is 7.04. The molecule has 3 aromatic carbocycles. The fourth-order valence-electron chi connectivity index (χ4n) is 3.09. The van der Waals surface area contributed by atoms with E-state index in [1.165, 1.54) is 0 Å². The number of nitrogens with one attached hydrogen (secondary N) is 1. The summed E-state index contributed by atoms with van der Waals surface area (Å²) in [7, 11) is 3.23. The Morgan fingerprint density at radius 1 is 0.774 bits per heavy atom. The number of benzene rings is 3. The van der Waals surface area contributed by atoms with Crippen molar-refractivity contribution in [2.24, 2.45) is 10.7 Å². The van der Waals surface area contributed by atoms with Crippen molar-refractivity contribution in [2.75, 3.05) is 14.2 Å². The minimum absolute atomic E-state index is 0.389. The Morgan fingerprint density at radius 3 is 2.26 bits per heavy atom. The van der Waals surface area contributed by atoms with Crippen LogP contribution in [0.4, 0.5) is 0 Å². The molecule has 0 aliphatic heterocycles. The van der Waals surface area contributed by atoms with Crippen molar-refractivity contribution in [3.8, 4) is 11.5 Å². The third-order valence-electron chi connectivity index (χ3n) is 4.73. The van der Waals surface area contributed by atoms with E-state index in [-0.39, 0.29) is 0 Å². The summed E-state index contributed by atoms with van der Waals surface area (Å²) < 4.78 is 16.4. The molecule has 31 heavy (non-hydrogen) atoms.